The molecule has 6 nitrogen and oxygen atoms in total. The highest BCUT2D eigenvalue weighted by Crippen LogP contribution is 2.28. The average molecular weight is 438 g/mol. The monoisotopic (exact) mass is 437 g/mol. The van der Waals surface area contributed by atoms with Crippen LogP contribution in [-0.2, 0) is 0 Å². The van der Waals surface area contributed by atoms with E-state index in [2.05, 4.69) is 31.5 Å². The van der Waals surface area contributed by atoms with Gasteiger partial charge in [-0.15, -0.1) is 0 Å². The van der Waals surface area contributed by atoms with E-state index in [-0.39, 0.29) is 10.9 Å². The van der Waals surface area contributed by atoms with Crippen molar-refractivity contribution < 1.29 is 14.6 Å². The van der Waals surface area contributed by atoms with Crippen molar-refractivity contribution in [2.75, 3.05) is 12.4 Å². The molecule has 0 radical (unpaired) electrons. The zero-order valence-electron chi connectivity index (χ0n) is 12.9. The summed E-state index contributed by atoms with van der Waals surface area (Å²) in [5, 5.41) is 15.6. The SMILES string of the molecule is COc1ccc(Br)cc1C(=O)NC(=S)Nc1nc2ccc(O)cc2s1. The highest BCUT2D eigenvalue weighted by atomic mass is 79.9. The predicted molar refractivity (Wildman–Crippen MR) is 106 cm³/mol. The van der Waals surface area contributed by atoms with Crippen LogP contribution in [0.3, 0.4) is 0 Å². The van der Waals surface area contributed by atoms with Crippen LogP contribution >= 0.6 is 39.5 Å². The van der Waals surface area contributed by atoms with Crippen LogP contribution in [0.25, 0.3) is 10.2 Å². The average Bonchev–Trinajstić information content (AvgIpc) is 2.95. The Hall–Kier alpha value is -2.23. The Kier molecular flexibility index (Phi) is 5.16. The molecule has 0 aliphatic rings. The number of halogens is 1. The van der Waals surface area contributed by atoms with E-state index in [1.165, 1.54) is 18.4 Å². The van der Waals surface area contributed by atoms with Crippen molar-refractivity contribution in [2.24, 2.45) is 0 Å². The second kappa shape index (κ2) is 7.34. The van der Waals surface area contributed by atoms with Crippen LogP contribution in [0.15, 0.2) is 40.9 Å². The second-order valence-electron chi connectivity index (χ2n) is 4.92. The number of ether oxygens (including phenoxy) is 1. The van der Waals surface area contributed by atoms with Gasteiger partial charge in [-0.1, -0.05) is 27.3 Å². The van der Waals surface area contributed by atoms with Gasteiger partial charge < -0.3 is 15.2 Å². The summed E-state index contributed by atoms with van der Waals surface area (Å²) < 4.78 is 6.76. The van der Waals surface area contributed by atoms with Crippen molar-refractivity contribution >= 4 is 65.9 Å². The van der Waals surface area contributed by atoms with Crippen LogP contribution in [0.5, 0.6) is 11.5 Å². The van der Waals surface area contributed by atoms with Crippen molar-refractivity contribution in [1.29, 1.82) is 0 Å². The first-order valence-corrected chi connectivity index (χ1v) is 9.03. The molecule has 128 valence electrons. The van der Waals surface area contributed by atoms with Crippen LogP contribution < -0.4 is 15.4 Å². The normalized spacial score (nSPS) is 10.5. The molecular weight excluding hydrogens is 426 g/mol. The van der Waals surface area contributed by atoms with Gasteiger partial charge in [0.1, 0.15) is 11.5 Å². The van der Waals surface area contributed by atoms with Crippen molar-refractivity contribution in [2.45, 2.75) is 0 Å². The number of thiazole rings is 1. The van der Waals surface area contributed by atoms with E-state index in [0.29, 0.717) is 16.4 Å². The van der Waals surface area contributed by atoms with E-state index in [4.69, 9.17) is 17.0 Å². The Morgan fingerprint density at radius 2 is 2.12 bits per heavy atom. The summed E-state index contributed by atoms with van der Waals surface area (Å²) in [6.07, 6.45) is 0. The molecule has 9 heteroatoms. The van der Waals surface area contributed by atoms with Crippen LogP contribution in [0.1, 0.15) is 10.4 Å². The quantitative estimate of drug-likeness (QED) is 0.538. The Bertz CT molecular complexity index is 974. The topological polar surface area (TPSA) is 83.5 Å². The van der Waals surface area contributed by atoms with E-state index in [1.54, 1.807) is 36.4 Å². The number of fused-ring (bicyclic) bond motifs is 1. The highest BCUT2D eigenvalue weighted by Gasteiger charge is 2.15. The van der Waals surface area contributed by atoms with Gasteiger partial charge in [-0.2, -0.15) is 0 Å². The molecule has 25 heavy (non-hydrogen) atoms. The molecule has 0 atom stereocenters. The number of thiocarbonyl (C=S) groups is 1. The molecule has 1 amide bonds. The number of hydrogen-bond donors (Lipinski definition) is 3. The molecular formula is C16H12BrN3O3S2. The Balaban J connectivity index is 1.73. The summed E-state index contributed by atoms with van der Waals surface area (Å²) in [5.41, 5.74) is 1.09. The molecule has 0 spiro atoms. The third-order valence-electron chi connectivity index (χ3n) is 3.23. The van der Waals surface area contributed by atoms with Crippen LogP contribution in [-0.4, -0.2) is 28.2 Å². The number of nitrogens with zero attached hydrogens (tertiary/aromatic N) is 1. The number of aromatic hydroxyl groups is 1. The maximum Gasteiger partial charge on any atom is 0.261 e. The van der Waals surface area contributed by atoms with E-state index < -0.39 is 5.91 Å². The number of phenolic OH excluding ortho intramolecular Hbond substituents is 1. The Morgan fingerprint density at radius 3 is 2.88 bits per heavy atom. The predicted octanol–water partition coefficient (Wildman–Crippen LogP) is 3.90. The van der Waals surface area contributed by atoms with Gasteiger partial charge in [-0.05, 0) is 48.6 Å². The van der Waals surface area contributed by atoms with Crippen molar-refractivity contribution in [1.82, 2.24) is 10.3 Å². The highest BCUT2D eigenvalue weighted by molar-refractivity contribution is 9.10. The number of carbonyl (C=O) groups is 1. The van der Waals surface area contributed by atoms with Gasteiger partial charge in [0.15, 0.2) is 10.2 Å². The molecule has 1 aromatic heterocycles. The lowest BCUT2D eigenvalue weighted by atomic mass is 10.2. The molecule has 0 fully saturated rings. The minimum atomic E-state index is -0.394. The number of nitrogens with one attached hydrogen (secondary N) is 2. The van der Waals surface area contributed by atoms with E-state index in [9.17, 15) is 9.90 Å². The summed E-state index contributed by atoms with van der Waals surface area (Å²) in [6.45, 7) is 0. The smallest absolute Gasteiger partial charge is 0.261 e. The van der Waals surface area contributed by atoms with Crippen molar-refractivity contribution in [3.8, 4) is 11.5 Å². The van der Waals surface area contributed by atoms with Gasteiger partial charge >= 0.3 is 0 Å². The first-order valence-electron chi connectivity index (χ1n) is 7.01. The van der Waals surface area contributed by atoms with E-state index >= 15 is 0 Å². The van der Waals surface area contributed by atoms with Crippen molar-refractivity contribution in [3.05, 3.63) is 46.4 Å². The van der Waals surface area contributed by atoms with Crippen molar-refractivity contribution in [3.63, 3.8) is 0 Å². The number of aromatic nitrogens is 1. The fraction of sp³-hybridized carbons (Fsp3) is 0.0625. The molecule has 0 saturated heterocycles. The standard InChI is InChI=1S/C16H12BrN3O3S2/c1-23-12-5-2-8(17)6-10(12)14(22)19-15(24)20-16-18-11-4-3-9(21)7-13(11)25-16/h2-7,21H,1H3,(H2,18,19,20,22,24). The maximum atomic E-state index is 12.4. The minimum absolute atomic E-state index is 0.121. The zero-order chi connectivity index (χ0) is 18.0. The minimum Gasteiger partial charge on any atom is -0.508 e. The fourth-order valence-corrected chi connectivity index (χ4v) is 3.64. The summed E-state index contributed by atoms with van der Waals surface area (Å²) in [7, 11) is 1.49. The third-order valence-corrected chi connectivity index (χ3v) is 4.86. The van der Waals surface area contributed by atoms with Gasteiger partial charge in [-0.25, -0.2) is 4.98 Å². The number of anilines is 1. The fourth-order valence-electron chi connectivity index (χ4n) is 2.12. The summed E-state index contributed by atoms with van der Waals surface area (Å²) in [5.74, 6) is 0.216. The lowest BCUT2D eigenvalue weighted by molar-refractivity contribution is 0.0974. The van der Waals surface area contributed by atoms with Gasteiger partial charge in [0.05, 0.1) is 22.9 Å². The number of phenols is 1. The lowest BCUT2D eigenvalue weighted by Gasteiger charge is -2.10. The molecule has 3 N–H and O–H groups in total. The zero-order valence-corrected chi connectivity index (χ0v) is 16.1. The number of amides is 1. The molecule has 0 bridgehead atoms. The Labute approximate surface area is 161 Å². The molecule has 0 unspecified atom stereocenters. The molecule has 3 aromatic rings. The largest absolute Gasteiger partial charge is 0.508 e. The molecule has 2 aromatic carbocycles. The summed E-state index contributed by atoms with van der Waals surface area (Å²) in [6, 6.07) is 10.0. The number of carbonyl (C=O) groups excluding carboxylic acids is 1. The van der Waals surface area contributed by atoms with Crippen LogP contribution in [0.4, 0.5) is 5.13 Å². The second-order valence-corrected chi connectivity index (χ2v) is 7.28. The molecule has 1 heterocycles. The Morgan fingerprint density at radius 1 is 1.32 bits per heavy atom. The third kappa shape index (κ3) is 4.06. The van der Waals surface area contributed by atoms with Gasteiger partial charge in [0, 0.05) is 4.47 Å². The number of methoxy groups -OCH3 is 1. The number of benzene rings is 2. The summed E-state index contributed by atoms with van der Waals surface area (Å²) in [4.78, 5) is 16.8. The molecule has 0 aliphatic carbocycles. The van der Waals surface area contributed by atoms with Crippen LogP contribution in [0.2, 0.25) is 0 Å². The van der Waals surface area contributed by atoms with E-state index in [0.717, 1.165) is 14.7 Å². The van der Waals surface area contributed by atoms with Gasteiger partial charge in [0.25, 0.3) is 5.91 Å². The first-order chi connectivity index (χ1) is 12.0. The summed E-state index contributed by atoms with van der Waals surface area (Å²) >= 11 is 9.82. The lowest BCUT2D eigenvalue weighted by Crippen LogP contribution is -2.34. The first kappa shape index (κ1) is 17.6. The number of rotatable bonds is 3. The van der Waals surface area contributed by atoms with E-state index in [1.807, 2.05) is 0 Å². The van der Waals surface area contributed by atoms with Crippen LogP contribution in [0, 0.1) is 0 Å². The molecule has 3 rings (SSSR count). The molecule has 0 aliphatic heterocycles. The number of hydrogen-bond acceptors (Lipinski definition) is 6. The van der Waals surface area contributed by atoms with Gasteiger partial charge in [-0.3, -0.25) is 10.1 Å². The molecule has 0 saturated carbocycles. The van der Waals surface area contributed by atoms with Gasteiger partial charge in [0.2, 0.25) is 0 Å². The maximum absolute atomic E-state index is 12.4.